The number of carbonyl (C=O) groups is 1. The summed E-state index contributed by atoms with van der Waals surface area (Å²) >= 11 is 0. The number of hydrogen-bond acceptors (Lipinski definition) is 6. The summed E-state index contributed by atoms with van der Waals surface area (Å²) in [7, 11) is -3.59. The van der Waals surface area contributed by atoms with Crippen molar-refractivity contribution in [2.75, 3.05) is 19.7 Å². The van der Waals surface area contributed by atoms with E-state index < -0.39 is 10.1 Å². The maximum atomic E-state index is 11.9. The van der Waals surface area contributed by atoms with Gasteiger partial charge in [-0.25, -0.2) is 0 Å². The summed E-state index contributed by atoms with van der Waals surface area (Å²) in [5.41, 5.74) is 0.714. The van der Waals surface area contributed by atoms with E-state index in [-0.39, 0.29) is 17.1 Å². The van der Waals surface area contributed by atoms with Crippen LogP contribution in [0.5, 0.6) is 0 Å². The van der Waals surface area contributed by atoms with Crippen LogP contribution in [0.2, 0.25) is 0 Å². The Balaban J connectivity index is 0.000000351. The molecule has 1 aromatic carbocycles. The quantitative estimate of drug-likeness (QED) is 0.643. The lowest BCUT2D eigenvalue weighted by Crippen LogP contribution is -2.17. The van der Waals surface area contributed by atoms with Gasteiger partial charge in [0.1, 0.15) is 5.60 Å². The highest BCUT2D eigenvalue weighted by Crippen LogP contribution is 2.16. The molecular weight excluding hydrogens is 330 g/mol. The van der Waals surface area contributed by atoms with Gasteiger partial charge in [0.2, 0.25) is 0 Å². The summed E-state index contributed by atoms with van der Waals surface area (Å²) in [5.74, 6) is 0.301. The summed E-state index contributed by atoms with van der Waals surface area (Å²) in [5, 5.41) is 3.18. The van der Waals surface area contributed by atoms with Gasteiger partial charge in [0, 0.05) is 6.54 Å². The Hall–Kier alpha value is -1.44. The highest BCUT2D eigenvalue weighted by molar-refractivity contribution is 7.86. The van der Waals surface area contributed by atoms with E-state index in [0.29, 0.717) is 12.4 Å². The number of aryl methyl sites for hydroxylation is 1. The van der Waals surface area contributed by atoms with Crippen molar-refractivity contribution in [3.63, 3.8) is 0 Å². The molecule has 1 unspecified atom stereocenters. The molecule has 0 saturated carbocycles. The number of rotatable bonds is 5. The fourth-order valence-electron chi connectivity index (χ4n) is 1.96. The van der Waals surface area contributed by atoms with E-state index in [9.17, 15) is 13.2 Å². The van der Waals surface area contributed by atoms with Crippen LogP contribution in [-0.4, -0.2) is 40.2 Å². The van der Waals surface area contributed by atoms with Crippen molar-refractivity contribution >= 4 is 16.6 Å². The fourth-order valence-corrected chi connectivity index (χ4v) is 2.94. The summed E-state index contributed by atoms with van der Waals surface area (Å²) in [6.07, 6.45) is 0.976. The number of nitrogens with one attached hydrogen (secondary N) is 1. The maximum Gasteiger partial charge on any atom is 0.296 e. The Morgan fingerprint density at radius 3 is 2.29 bits per heavy atom. The van der Waals surface area contributed by atoms with Crippen molar-refractivity contribution in [1.82, 2.24) is 5.32 Å². The van der Waals surface area contributed by atoms with Gasteiger partial charge in [-0.3, -0.25) is 8.98 Å². The zero-order valence-corrected chi connectivity index (χ0v) is 15.6. The molecule has 1 aromatic rings. The summed E-state index contributed by atoms with van der Waals surface area (Å²) < 4.78 is 33.3. The maximum absolute atomic E-state index is 11.9. The molecule has 136 valence electrons. The van der Waals surface area contributed by atoms with Gasteiger partial charge in [0.15, 0.2) is 0 Å². The number of benzene rings is 1. The molecule has 7 heteroatoms. The molecule has 0 spiro atoms. The van der Waals surface area contributed by atoms with Crippen LogP contribution in [0.1, 0.15) is 32.8 Å². The van der Waals surface area contributed by atoms with Crippen molar-refractivity contribution in [2.24, 2.45) is 5.92 Å². The number of carbonyl (C=O) groups excluding carboxylic acids is 1. The smallest absolute Gasteiger partial charge is 0.296 e. The predicted octanol–water partition coefficient (Wildman–Crippen LogP) is 2.27. The Morgan fingerprint density at radius 1 is 1.25 bits per heavy atom. The molecular formula is C17H27NO5S. The number of ether oxygens (including phenoxy) is 1. The molecule has 1 saturated heterocycles. The Labute approximate surface area is 144 Å². The molecule has 0 amide bonds. The highest BCUT2D eigenvalue weighted by Gasteiger charge is 2.20. The van der Waals surface area contributed by atoms with Crippen LogP contribution in [0.15, 0.2) is 29.2 Å². The second kappa shape index (κ2) is 9.15. The molecule has 0 aliphatic carbocycles. The van der Waals surface area contributed by atoms with Gasteiger partial charge < -0.3 is 10.1 Å². The predicted molar refractivity (Wildman–Crippen MR) is 92.2 cm³/mol. The molecule has 1 aliphatic rings. The molecule has 24 heavy (non-hydrogen) atoms. The molecule has 6 nitrogen and oxygen atoms in total. The van der Waals surface area contributed by atoms with E-state index in [0.717, 1.165) is 25.1 Å². The van der Waals surface area contributed by atoms with Crippen LogP contribution < -0.4 is 5.32 Å². The SMILES string of the molecule is CC(C)(C)OC=O.Cc1ccc(S(=O)(=O)OCC2CCNC2)cc1. The molecule has 0 radical (unpaired) electrons. The first-order valence-corrected chi connectivity index (χ1v) is 9.33. The van der Waals surface area contributed by atoms with Gasteiger partial charge in [0.05, 0.1) is 11.5 Å². The highest BCUT2D eigenvalue weighted by atomic mass is 32.2. The Morgan fingerprint density at radius 2 is 1.88 bits per heavy atom. The monoisotopic (exact) mass is 357 g/mol. The van der Waals surface area contributed by atoms with E-state index in [4.69, 9.17) is 4.18 Å². The van der Waals surface area contributed by atoms with Gasteiger partial charge >= 0.3 is 0 Å². The van der Waals surface area contributed by atoms with E-state index in [2.05, 4.69) is 10.1 Å². The lowest BCUT2D eigenvalue weighted by Gasteiger charge is -2.14. The van der Waals surface area contributed by atoms with Gasteiger partial charge in [-0.2, -0.15) is 8.42 Å². The third kappa shape index (κ3) is 7.90. The second-order valence-corrected chi connectivity index (χ2v) is 8.35. The Bertz CT molecular complexity index is 599. The zero-order valence-electron chi connectivity index (χ0n) is 14.7. The fraction of sp³-hybridized carbons (Fsp3) is 0.588. The molecule has 1 aliphatic heterocycles. The normalized spacial score (nSPS) is 17.8. The minimum absolute atomic E-state index is 0.231. The van der Waals surface area contributed by atoms with Gasteiger partial charge in [-0.15, -0.1) is 0 Å². The standard InChI is InChI=1S/C12H17NO3S.C5H10O2/c1-10-2-4-12(5-3-10)17(14,15)16-9-11-6-7-13-8-11;1-5(2,3)7-4-6/h2-5,11,13H,6-9H2,1H3;4H,1-3H3. The lowest BCUT2D eigenvalue weighted by molar-refractivity contribution is -0.138. The lowest BCUT2D eigenvalue weighted by atomic mass is 10.1. The topological polar surface area (TPSA) is 81.7 Å². The molecule has 1 heterocycles. The van der Waals surface area contributed by atoms with Crippen molar-refractivity contribution in [3.8, 4) is 0 Å². The van der Waals surface area contributed by atoms with Gasteiger partial charge in [-0.05, 0) is 58.7 Å². The van der Waals surface area contributed by atoms with Crippen LogP contribution >= 0.6 is 0 Å². The molecule has 0 aromatic heterocycles. The van der Waals surface area contributed by atoms with Crippen molar-refractivity contribution in [2.45, 2.75) is 44.6 Å². The van der Waals surface area contributed by atoms with Crippen molar-refractivity contribution < 1.29 is 22.1 Å². The average Bonchev–Trinajstić information content (AvgIpc) is 2.98. The van der Waals surface area contributed by atoms with Gasteiger partial charge in [-0.1, -0.05) is 17.7 Å². The van der Waals surface area contributed by atoms with Crippen LogP contribution in [-0.2, 0) is 23.8 Å². The van der Waals surface area contributed by atoms with Crippen LogP contribution in [0.25, 0.3) is 0 Å². The zero-order chi connectivity index (χ0) is 18.2. The Kier molecular flexibility index (Phi) is 7.86. The van der Waals surface area contributed by atoms with E-state index in [1.807, 2.05) is 27.7 Å². The van der Waals surface area contributed by atoms with Crippen LogP contribution in [0, 0.1) is 12.8 Å². The van der Waals surface area contributed by atoms with E-state index in [1.54, 1.807) is 24.3 Å². The summed E-state index contributed by atoms with van der Waals surface area (Å²) in [6.45, 7) is 9.89. The summed E-state index contributed by atoms with van der Waals surface area (Å²) in [4.78, 5) is 9.83. The minimum Gasteiger partial charge on any atom is -0.462 e. The minimum atomic E-state index is -3.59. The molecule has 2 rings (SSSR count). The second-order valence-electron chi connectivity index (χ2n) is 6.74. The van der Waals surface area contributed by atoms with E-state index in [1.165, 1.54) is 0 Å². The molecule has 1 atom stereocenters. The molecule has 1 N–H and O–H groups in total. The van der Waals surface area contributed by atoms with E-state index >= 15 is 0 Å². The van der Waals surface area contributed by atoms with Crippen molar-refractivity contribution in [1.29, 1.82) is 0 Å². The average molecular weight is 357 g/mol. The molecule has 0 bridgehead atoms. The first kappa shape index (κ1) is 20.6. The number of hydrogen-bond donors (Lipinski definition) is 1. The largest absolute Gasteiger partial charge is 0.462 e. The van der Waals surface area contributed by atoms with Crippen LogP contribution in [0.3, 0.4) is 0 Å². The van der Waals surface area contributed by atoms with Crippen LogP contribution in [0.4, 0.5) is 0 Å². The molecule has 1 fully saturated rings. The first-order valence-electron chi connectivity index (χ1n) is 7.92. The summed E-state index contributed by atoms with van der Waals surface area (Å²) in [6, 6.07) is 6.70. The first-order chi connectivity index (χ1) is 11.1. The van der Waals surface area contributed by atoms with Gasteiger partial charge in [0.25, 0.3) is 16.6 Å². The third-order valence-electron chi connectivity index (χ3n) is 3.33. The third-order valence-corrected chi connectivity index (χ3v) is 4.63. The van der Waals surface area contributed by atoms with Crippen molar-refractivity contribution in [3.05, 3.63) is 29.8 Å².